The van der Waals surface area contributed by atoms with Crippen molar-refractivity contribution in [3.05, 3.63) is 56.6 Å². The van der Waals surface area contributed by atoms with Crippen LogP contribution in [0.1, 0.15) is 25.7 Å². The van der Waals surface area contributed by atoms with E-state index in [0.717, 1.165) is 22.0 Å². The lowest BCUT2D eigenvalue weighted by Gasteiger charge is -2.07. The number of carbonyl (C=O) groups excluding carboxylic acids is 3. The number of nitro benzene ring substituents is 1. The van der Waals surface area contributed by atoms with Gasteiger partial charge in [-0.25, -0.2) is 4.79 Å². The molecule has 2 amide bonds. The maximum Gasteiger partial charge on any atom is 0.348 e. The first-order valence-corrected chi connectivity index (χ1v) is 9.02. The lowest BCUT2D eigenvalue weighted by Crippen LogP contribution is -2.43. The van der Waals surface area contributed by atoms with Gasteiger partial charge in [0.15, 0.2) is 6.61 Å². The fraction of sp³-hybridized carbons (Fsp3) is 0.176. The molecule has 2 heterocycles. The summed E-state index contributed by atoms with van der Waals surface area (Å²) in [5, 5.41) is 15.8. The normalized spacial score (nSPS) is 10.6. The van der Waals surface area contributed by atoms with E-state index in [1.807, 2.05) is 6.92 Å². The number of hydrogen-bond donors (Lipinski definition) is 2. The van der Waals surface area contributed by atoms with Crippen LogP contribution in [0.4, 0.5) is 5.69 Å². The molecule has 0 atom stereocenters. The number of nitrogens with one attached hydrogen (secondary N) is 2. The highest BCUT2D eigenvalue weighted by atomic mass is 32.1. The Morgan fingerprint density at radius 1 is 1.28 bits per heavy atom. The van der Waals surface area contributed by atoms with Crippen molar-refractivity contribution in [1.29, 1.82) is 0 Å². The van der Waals surface area contributed by atoms with Crippen molar-refractivity contribution in [2.45, 2.75) is 6.92 Å². The van der Waals surface area contributed by atoms with Crippen LogP contribution < -0.4 is 10.9 Å². The monoisotopic (exact) mass is 417 g/mol. The van der Waals surface area contributed by atoms with Gasteiger partial charge in [0.1, 0.15) is 9.71 Å². The Labute approximate surface area is 167 Å². The van der Waals surface area contributed by atoms with E-state index in [1.54, 1.807) is 17.8 Å². The van der Waals surface area contributed by atoms with Crippen LogP contribution in [-0.4, -0.2) is 39.1 Å². The van der Waals surface area contributed by atoms with Crippen molar-refractivity contribution in [3.8, 4) is 0 Å². The van der Waals surface area contributed by atoms with E-state index in [1.165, 1.54) is 29.5 Å². The van der Waals surface area contributed by atoms with Crippen molar-refractivity contribution in [3.63, 3.8) is 0 Å². The molecule has 1 aromatic carbocycles. The lowest BCUT2D eigenvalue weighted by atomic mass is 10.2. The fourth-order valence-electron chi connectivity index (χ4n) is 2.50. The number of fused-ring (bicyclic) bond motifs is 1. The molecule has 12 heteroatoms. The average Bonchev–Trinajstić information content (AvgIpc) is 3.25. The van der Waals surface area contributed by atoms with Crippen LogP contribution in [0.25, 0.3) is 10.2 Å². The largest absolute Gasteiger partial charge is 0.451 e. The maximum atomic E-state index is 12.1. The summed E-state index contributed by atoms with van der Waals surface area (Å²) >= 11 is 1.19. The van der Waals surface area contributed by atoms with Gasteiger partial charge in [0.25, 0.3) is 17.5 Å². The summed E-state index contributed by atoms with van der Waals surface area (Å²) in [7, 11) is 1.76. The summed E-state index contributed by atoms with van der Waals surface area (Å²) in [5.74, 6) is -2.19. The number of esters is 1. The lowest BCUT2D eigenvalue weighted by molar-refractivity contribution is -0.384. The summed E-state index contributed by atoms with van der Waals surface area (Å²) in [6, 6.07) is 6.65. The van der Waals surface area contributed by atoms with Crippen molar-refractivity contribution in [2.75, 3.05) is 6.61 Å². The molecule has 0 aliphatic carbocycles. The number of hydrogen-bond acceptors (Lipinski definition) is 8. The van der Waals surface area contributed by atoms with E-state index in [9.17, 15) is 24.5 Å². The van der Waals surface area contributed by atoms with Gasteiger partial charge in [-0.15, -0.1) is 11.3 Å². The SMILES string of the molecule is Cc1nn(C)c2sc(C(=O)OCC(=O)NNC(=O)c3cccc([N+](=O)[O-])c3)cc12. The molecule has 0 radical (unpaired) electrons. The number of thiophene rings is 1. The second-order valence-electron chi connectivity index (χ2n) is 5.92. The number of aromatic nitrogens is 2. The molecule has 0 spiro atoms. The number of nitrogens with zero attached hydrogens (tertiary/aromatic N) is 3. The Morgan fingerprint density at radius 3 is 2.72 bits per heavy atom. The first kappa shape index (κ1) is 19.9. The van der Waals surface area contributed by atoms with Gasteiger partial charge in [-0.05, 0) is 19.1 Å². The third kappa shape index (κ3) is 4.38. The number of non-ortho nitro benzene ring substituents is 1. The van der Waals surface area contributed by atoms with Crippen LogP contribution in [0.3, 0.4) is 0 Å². The topological polar surface area (TPSA) is 145 Å². The summed E-state index contributed by atoms with van der Waals surface area (Å²) in [6.45, 7) is 1.21. The molecule has 0 saturated carbocycles. The zero-order valence-electron chi connectivity index (χ0n) is 15.3. The minimum Gasteiger partial charge on any atom is -0.451 e. The van der Waals surface area contributed by atoms with Crippen molar-refractivity contribution >= 4 is 45.0 Å². The minimum absolute atomic E-state index is 0.00857. The van der Waals surface area contributed by atoms with Crippen LogP contribution in [0.5, 0.6) is 0 Å². The molecule has 11 nitrogen and oxygen atoms in total. The molecular weight excluding hydrogens is 402 g/mol. The third-order valence-corrected chi connectivity index (χ3v) is 5.05. The summed E-state index contributed by atoms with van der Waals surface area (Å²) in [4.78, 5) is 47.1. The van der Waals surface area contributed by atoms with E-state index in [2.05, 4.69) is 16.0 Å². The quantitative estimate of drug-likeness (QED) is 0.363. The number of amides is 2. The number of nitro groups is 1. The predicted octanol–water partition coefficient (Wildman–Crippen LogP) is 1.47. The van der Waals surface area contributed by atoms with Crippen LogP contribution in [0.15, 0.2) is 30.3 Å². The number of rotatable bonds is 5. The van der Waals surface area contributed by atoms with Crippen LogP contribution in [-0.2, 0) is 16.6 Å². The number of hydrazine groups is 1. The molecule has 2 N–H and O–H groups in total. The Kier molecular flexibility index (Phi) is 5.54. The maximum absolute atomic E-state index is 12.1. The van der Waals surface area contributed by atoms with Crippen molar-refractivity contribution in [1.82, 2.24) is 20.6 Å². The van der Waals surface area contributed by atoms with E-state index >= 15 is 0 Å². The van der Waals surface area contributed by atoms with Gasteiger partial charge in [0.05, 0.1) is 10.6 Å². The number of aryl methyl sites for hydroxylation is 2. The summed E-state index contributed by atoms with van der Waals surface area (Å²) in [5.41, 5.74) is 4.69. The molecule has 0 bridgehead atoms. The Hall–Kier alpha value is -3.80. The standard InChI is InChI=1S/C17H15N5O6S/c1-9-12-7-13(29-16(12)21(2)20-9)17(25)28-8-14(23)18-19-15(24)10-4-3-5-11(6-10)22(26)27/h3-7H,8H2,1-2H3,(H,18,23)(H,19,24). The molecule has 0 unspecified atom stereocenters. The predicted molar refractivity (Wildman–Crippen MR) is 102 cm³/mol. The molecule has 2 aromatic heterocycles. The van der Waals surface area contributed by atoms with Crippen LogP contribution in [0.2, 0.25) is 0 Å². The second kappa shape index (κ2) is 8.06. The highest BCUT2D eigenvalue weighted by Crippen LogP contribution is 2.28. The van der Waals surface area contributed by atoms with Crippen molar-refractivity contribution < 1.29 is 24.0 Å². The zero-order chi connectivity index (χ0) is 21.1. The third-order valence-electron chi connectivity index (χ3n) is 3.87. The second-order valence-corrected chi connectivity index (χ2v) is 6.96. The van der Waals surface area contributed by atoms with Gasteiger partial charge in [-0.1, -0.05) is 6.07 Å². The molecule has 3 rings (SSSR count). The van der Waals surface area contributed by atoms with E-state index in [-0.39, 0.29) is 11.3 Å². The van der Waals surface area contributed by atoms with Gasteiger partial charge >= 0.3 is 5.97 Å². The highest BCUT2D eigenvalue weighted by Gasteiger charge is 2.18. The number of benzene rings is 1. The molecule has 0 saturated heterocycles. The average molecular weight is 417 g/mol. The molecule has 0 aliphatic heterocycles. The van der Waals surface area contributed by atoms with Gasteiger partial charge in [0.2, 0.25) is 0 Å². The van der Waals surface area contributed by atoms with Gasteiger partial charge in [-0.2, -0.15) is 5.10 Å². The number of carbonyl (C=O) groups is 3. The Morgan fingerprint density at radius 2 is 2.03 bits per heavy atom. The first-order valence-electron chi connectivity index (χ1n) is 8.20. The number of ether oxygens (including phenoxy) is 1. The van der Waals surface area contributed by atoms with E-state index < -0.39 is 29.3 Å². The first-order chi connectivity index (χ1) is 13.8. The van der Waals surface area contributed by atoms with E-state index in [0.29, 0.717) is 4.88 Å². The Bertz CT molecular complexity index is 1100. The summed E-state index contributed by atoms with van der Waals surface area (Å²) < 4.78 is 6.60. The molecule has 150 valence electrons. The molecule has 29 heavy (non-hydrogen) atoms. The smallest absolute Gasteiger partial charge is 0.348 e. The fourth-order valence-corrected chi connectivity index (χ4v) is 3.52. The zero-order valence-corrected chi connectivity index (χ0v) is 16.1. The van der Waals surface area contributed by atoms with Crippen LogP contribution in [0, 0.1) is 17.0 Å². The van der Waals surface area contributed by atoms with Gasteiger partial charge < -0.3 is 4.74 Å². The van der Waals surface area contributed by atoms with Crippen molar-refractivity contribution in [2.24, 2.45) is 7.05 Å². The minimum atomic E-state index is -0.768. The Balaban J connectivity index is 1.52. The van der Waals surface area contributed by atoms with Crippen LogP contribution >= 0.6 is 11.3 Å². The van der Waals surface area contributed by atoms with E-state index in [4.69, 9.17) is 4.74 Å². The molecule has 0 aliphatic rings. The van der Waals surface area contributed by atoms with Gasteiger partial charge in [0, 0.05) is 30.1 Å². The summed E-state index contributed by atoms with van der Waals surface area (Å²) in [6.07, 6.45) is 0. The van der Waals surface area contributed by atoms with Gasteiger partial charge in [-0.3, -0.25) is 35.2 Å². The highest BCUT2D eigenvalue weighted by molar-refractivity contribution is 7.20. The molecular formula is C17H15N5O6S. The molecule has 3 aromatic rings. The molecule has 0 fully saturated rings.